The van der Waals surface area contributed by atoms with E-state index in [9.17, 15) is 0 Å². The number of nitrogens with zero attached hydrogens (tertiary/aromatic N) is 3. The Morgan fingerprint density at radius 1 is 1.04 bits per heavy atom. The van der Waals surface area contributed by atoms with Gasteiger partial charge in [-0.05, 0) is 29.8 Å². The average molecular weight is 324 g/mol. The van der Waals surface area contributed by atoms with Crippen LogP contribution < -0.4 is 0 Å². The summed E-state index contributed by atoms with van der Waals surface area (Å²) in [5, 5.41) is 0. The predicted molar refractivity (Wildman–Crippen MR) is 90.3 cm³/mol. The Morgan fingerprint density at radius 3 is 2.65 bits per heavy atom. The summed E-state index contributed by atoms with van der Waals surface area (Å²) < 4.78 is 7.57. The van der Waals surface area contributed by atoms with Gasteiger partial charge in [0.2, 0.25) is 5.89 Å². The number of halogens is 1. The van der Waals surface area contributed by atoms with Gasteiger partial charge in [0.1, 0.15) is 6.26 Å². The first-order valence-corrected chi connectivity index (χ1v) is 7.86. The summed E-state index contributed by atoms with van der Waals surface area (Å²) >= 11 is 5.75. The molecule has 2 aromatic heterocycles. The van der Waals surface area contributed by atoms with E-state index < -0.39 is 0 Å². The van der Waals surface area contributed by atoms with Crippen LogP contribution in [0.1, 0.15) is 11.3 Å². The zero-order chi connectivity index (χ0) is 15.6. The molecule has 0 radical (unpaired) electrons. The monoisotopic (exact) mass is 323 g/mol. The fourth-order valence-corrected chi connectivity index (χ4v) is 2.71. The number of hydrogen-bond donors (Lipinski definition) is 0. The summed E-state index contributed by atoms with van der Waals surface area (Å²) in [5.74, 6) is 0.954. The van der Waals surface area contributed by atoms with Crippen LogP contribution in [0.3, 0.4) is 0 Å². The van der Waals surface area contributed by atoms with E-state index in [-0.39, 0.29) is 0 Å². The first-order chi connectivity index (χ1) is 11.3. The largest absolute Gasteiger partial charge is 0.444 e. The zero-order valence-corrected chi connectivity index (χ0v) is 13.1. The number of aromatic nitrogens is 3. The highest BCUT2D eigenvalue weighted by Crippen LogP contribution is 2.21. The van der Waals surface area contributed by atoms with Crippen LogP contribution in [0, 0.1) is 0 Å². The van der Waals surface area contributed by atoms with Gasteiger partial charge in [-0.3, -0.25) is 0 Å². The number of imidazole rings is 1. The molecule has 0 atom stereocenters. The molecule has 2 aromatic carbocycles. The van der Waals surface area contributed by atoms with E-state index in [0.717, 1.165) is 28.8 Å². The predicted octanol–water partition coefficient (Wildman–Crippen LogP) is 4.48. The van der Waals surface area contributed by atoms with Crippen molar-refractivity contribution in [3.8, 4) is 11.5 Å². The van der Waals surface area contributed by atoms with Crippen LogP contribution in [-0.2, 0) is 12.4 Å². The molecule has 114 valence electrons. The van der Waals surface area contributed by atoms with Crippen molar-refractivity contribution >= 4 is 22.6 Å². The minimum atomic E-state index is 0.356. The Labute approximate surface area is 138 Å². The number of para-hydroxylation sites is 2. The van der Waals surface area contributed by atoms with Crippen LogP contribution in [0.15, 0.2) is 65.5 Å². The lowest BCUT2D eigenvalue weighted by Gasteiger charge is -2.05. The second kappa shape index (κ2) is 5.89. The number of oxazole rings is 1. The molecule has 0 bridgehead atoms. The van der Waals surface area contributed by atoms with Crippen molar-refractivity contribution in [2.24, 2.45) is 0 Å². The van der Waals surface area contributed by atoms with Gasteiger partial charge in [-0.25, -0.2) is 9.97 Å². The lowest BCUT2D eigenvalue weighted by atomic mass is 10.1. The molecule has 0 spiro atoms. The summed E-state index contributed by atoms with van der Waals surface area (Å²) in [6, 6.07) is 16.3. The van der Waals surface area contributed by atoms with E-state index in [4.69, 9.17) is 16.0 Å². The molecule has 4 nitrogen and oxygen atoms in total. The normalized spacial score (nSPS) is 11.2. The van der Waals surface area contributed by atoms with E-state index in [0.29, 0.717) is 11.8 Å². The SMILES string of the molecule is ClCc1coc(-c2ccc(Cn3cnc4ccccc43)cc2)n1. The lowest BCUT2D eigenvalue weighted by molar-refractivity contribution is 0.573. The highest BCUT2D eigenvalue weighted by molar-refractivity contribution is 6.16. The third kappa shape index (κ3) is 2.73. The van der Waals surface area contributed by atoms with E-state index in [2.05, 4.69) is 32.7 Å². The van der Waals surface area contributed by atoms with Gasteiger partial charge < -0.3 is 8.98 Å². The van der Waals surface area contributed by atoms with Crippen LogP contribution >= 0.6 is 11.6 Å². The summed E-state index contributed by atoms with van der Waals surface area (Å²) in [6.45, 7) is 0.777. The average Bonchev–Trinajstić information content (AvgIpc) is 3.23. The molecule has 0 aliphatic carbocycles. The summed E-state index contributed by atoms with van der Waals surface area (Å²) in [7, 11) is 0. The minimum absolute atomic E-state index is 0.356. The lowest BCUT2D eigenvalue weighted by Crippen LogP contribution is -1.97. The molecule has 0 amide bonds. The molecule has 2 heterocycles. The second-order valence-electron chi connectivity index (χ2n) is 5.34. The quantitative estimate of drug-likeness (QED) is 0.520. The van der Waals surface area contributed by atoms with Crippen LogP contribution in [0.5, 0.6) is 0 Å². The first-order valence-electron chi connectivity index (χ1n) is 7.33. The smallest absolute Gasteiger partial charge is 0.226 e. The standard InChI is InChI=1S/C18H14ClN3O/c19-9-15-11-23-18(21-15)14-7-5-13(6-8-14)10-22-12-20-16-3-1-2-4-17(16)22/h1-8,11-12H,9-10H2. The number of hydrogen-bond acceptors (Lipinski definition) is 3. The Balaban J connectivity index is 1.58. The van der Waals surface area contributed by atoms with Crippen LogP contribution in [0.25, 0.3) is 22.5 Å². The number of fused-ring (bicyclic) bond motifs is 1. The Bertz CT molecular complexity index is 940. The second-order valence-corrected chi connectivity index (χ2v) is 5.60. The van der Waals surface area contributed by atoms with Gasteiger partial charge in [0.25, 0.3) is 0 Å². The van der Waals surface area contributed by atoms with E-state index >= 15 is 0 Å². The molecule has 0 aliphatic heterocycles. The van der Waals surface area contributed by atoms with Gasteiger partial charge in [0, 0.05) is 12.1 Å². The molecule has 0 saturated carbocycles. The van der Waals surface area contributed by atoms with Crippen molar-refractivity contribution in [1.29, 1.82) is 0 Å². The van der Waals surface area contributed by atoms with E-state index in [1.165, 1.54) is 5.56 Å². The highest BCUT2D eigenvalue weighted by atomic mass is 35.5. The maximum atomic E-state index is 5.75. The number of benzene rings is 2. The minimum Gasteiger partial charge on any atom is -0.444 e. The van der Waals surface area contributed by atoms with Crippen LogP contribution in [0.2, 0.25) is 0 Å². The fourth-order valence-electron chi connectivity index (χ4n) is 2.59. The Hall–Kier alpha value is -2.59. The van der Waals surface area contributed by atoms with Crippen molar-refractivity contribution < 1.29 is 4.42 Å². The summed E-state index contributed by atoms with van der Waals surface area (Å²) in [4.78, 5) is 8.75. The van der Waals surface area contributed by atoms with E-state index in [1.807, 2.05) is 36.7 Å². The molecule has 0 N–H and O–H groups in total. The van der Waals surface area contributed by atoms with Crippen molar-refractivity contribution in [2.45, 2.75) is 12.4 Å². The van der Waals surface area contributed by atoms with Gasteiger partial charge >= 0.3 is 0 Å². The zero-order valence-electron chi connectivity index (χ0n) is 12.3. The number of alkyl halides is 1. The topological polar surface area (TPSA) is 43.9 Å². The molecule has 0 fully saturated rings. The molecule has 0 saturated heterocycles. The van der Waals surface area contributed by atoms with Crippen molar-refractivity contribution in [3.63, 3.8) is 0 Å². The van der Waals surface area contributed by atoms with Crippen molar-refractivity contribution in [3.05, 3.63) is 72.4 Å². The van der Waals surface area contributed by atoms with Gasteiger partial charge in [0.15, 0.2) is 0 Å². The maximum absolute atomic E-state index is 5.75. The molecule has 0 unspecified atom stereocenters. The molecule has 23 heavy (non-hydrogen) atoms. The van der Waals surface area contributed by atoms with Crippen molar-refractivity contribution in [2.75, 3.05) is 0 Å². The first kappa shape index (κ1) is 14.0. The number of rotatable bonds is 4. The van der Waals surface area contributed by atoms with Gasteiger partial charge in [-0.1, -0.05) is 24.3 Å². The Kier molecular flexibility index (Phi) is 3.60. The molecular weight excluding hydrogens is 310 g/mol. The highest BCUT2D eigenvalue weighted by Gasteiger charge is 2.07. The Morgan fingerprint density at radius 2 is 1.87 bits per heavy atom. The molecular formula is C18H14ClN3O. The van der Waals surface area contributed by atoms with Gasteiger partial charge in [0.05, 0.1) is 28.9 Å². The molecule has 5 heteroatoms. The van der Waals surface area contributed by atoms with Crippen LogP contribution in [-0.4, -0.2) is 14.5 Å². The molecule has 0 aliphatic rings. The fraction of sp³-hybridized carbons (Fsp3) is 0.111. The summed E-state index contributed by atoms with van der Waals surface area (Å²) in [5.41, 5.74) is 5.03. The third-order valence-electron chi connectivity index (χ3n) is 3.77. The van der Waals surface area contributed by atoms with Gasteiger partial charge in [-0.15, -0.1) is 11.6 Å². The van der Waals surface area contributed by atoms with E-state index in [1.54, 1.807) is 6.26 Å². The molecule has 4 rings (SSSR count). The van der Waals surface area contributed by atoms with Crippen LogP contribution in [0.4, 0.5) is 0 Å². The third-order valence-corrected chi connectivity index (χ3v) is 4.04. The maximum Gasteiger partial charge on any atom is 0.226 e. The van der Waals surface area contributed by atoms with Gasteiger partial charge in [-0.2, -0.15) is 0 Å². The summed E-state index contributed by atoms with van der Waals surface area (Å²) in [6.07, 6.45) is 3.47. The molecule has 4 aromatic rings. The van der Waals surface area contributed by atoms with Crippen molar-refractivity contribution in [1.82, 2.24) is 14.5 Å².